The molecule has 11 rings (SSSR count). The molecular formula is C51H33N3O. The lowest BCUT2D eigenvalue weighted by atomic mass is 9.69. The second-order valence-electron chi connectivity index (χ2n) is 14.3. The third kappa shape index (κ3) is 5.33. The van der Waals surface area contributed by atoms with E-state index >= 15 is 0 Å². The topological polar surface area (TPSA) is 51.8 Å². The Morgan fingerprint density at radius 3 is 1.71 bits per heavy atom. The fraction of sp³-hybridized carbons (Fsp3) is 0.0392. The molecule has 4 nitrogen and oxygen atoms in total. The van der Waals surface area contributed by atoms with Crippen LogP contribution in [0.5, 0.6) is 0 Å². The molecule has 55 heavy (non-hydrogen) atoms. The summed E-state index contributed by atoms with van der Waals surface area (Å²) < 4.78 is 6.56. The first-order chi connectivity index (χ1) is 27.2. The number of fused-ring (bicyclic) bond motifs is 9. The van der Waals surface area contributed by atoms with Gasteiger partial charge in [-0.2, -0.15) is 0 Å². The summed E-state index contributed by atoms with van der Waals surface area (Å²) in [5.41, 5.74) is 14.4. The van der Waals surface area contributed by atoms with E-state index in [1.807, 2.05) is 30.3 Å². The summed E-state index contributed by atoms with van der Waals surface area (Å²) >= 11 is 0. The van der Waals surface area contributed by atoms with Crippen LogP contribution in [-0.2, 0) is 0 Å². The van der Waals surface area contributed by atoms with Gasteiger partial charge in [0, 0.05) is 39.3 Å². The molecule has 0 amide bonds. The molecule has 2 atom stereocenters. The summed E-state index contributed by atoms with van der Waals surface area (Å²) in [7, 11) is 0. The van der Waals surface area contributed by atoms with E-state index in [1.54, 1.807) is 0 Å². The van der Waals surface area contributed by atoms with E-state index in [1.165, 1.54) is 33.4 Å². The molecule has 0 saturated carbocycles. The number of hydrogen-bond acceptors (Lipinski definition) is 4. The fourth-order valence-corrected chi connectivity index (χ4v) is 8.50. The fourth-order valence-electron chi connectivity index (χ4n) is 8.50. The zero-order valence-electron chi connectivity index (χ0n) is 29.8. The Balaban J connectivity index is 1.01. The number of furan rings is 1. The Kier molecular flexibility index (Phi) is 7.27. The SMILES string of the molecule is C1=CC2c3ccccc3-c3ccccc3C2C=C1c1nc(-c2ccccc2)nc(-c2ccc3c(c2)oc2cccc(-c4ccc(-c5ccccc5)cc4)c23)n1. The lowest BCUT2D eigenvalue weighted by molar-refractivity contribution is 0.669. The van der Waals surface area contributed by atoms with Gasteiger partial charge in [-0.3, -0.25) is 0 Å². The van der Waals surface area contributed by atoms with E-state index in [2.05, 4.69) is 158 Å². The Morgan fingerprint density at radius 1 is 0.400 bits per heavy atom. The molecule has 0 fully saturated rings. The van der Waals surface area contributed by atoms with Crippen molar-refractivity contribution in [2.75, 3.05) is 0 Å². The van der Waals surface area contributed by atoms with Crippen molar-refractivity contribution in [3.63, 3.8) is 0 Å². The minimum absolute atomic E-state index is 0.169. The zero-order chi connectivity index (χ0) is 36.3. The number of hydrogen-bond donors (Lipinski definition) is 0. The Labute approximate surface area is 318 Å². The van der Waals surface area contributed by atoms with Gasteiger partial charge in [-0.25, -0.2) is 15.0 Å². The molecule has 2 unspecified atom stereocenters. The second kappa shape index (κ2) is 12.8. The monoisotopic (exact) mass is 703 g/mol. The molecule has 9 aromatic rings. The largest absolute Gasteiger partial charge is 0.456 e. The summed E-state index contributed by atoms with van der Waals surface area (Å²) in [6.07, 6.45) is 6.87. The highest BCUT2D eigenvalue weighted by Gasteiger charge is 2.33. The van der Waals surface area contributed by atoms with Crippen LogP contribution in [-0.4, -0.2) is 15.0 Å². The zero-order valence-corrected chi connectivity index (χ0v) is 29.8. The van der Waals surface area contributed by atoms with Crippen molar-refractivity contribution in [2.45, 2.75) is 11.8 Å². The number of nitrogens with zero attached hydrogens (tertiary/aromatic N) is 3. The Hall–Kier alpha value is -7.17. The van der Waals surface area contributed by atoms with Crippen LogP contribution in [0.4, 0.5) is 0 Å². The summed E-state index contributed by atoms with van der Waals surface area (Å²) in [6, 6.07) is 59.6. The predicted octanol–water partition coefficient (Wildman–Crippen LogP) is 12.9. The smallest absolute Gasteiger partial charge is 0.164 e. The van der Waals surface area contributed by atoms with Crippen molar-refractivity contribution >= 4 is 27.5 Å². The van der Waals surface area contributed by atoms with Crippen molar-refractivity contribution in [3.8, 4) is 56.2 Å². The molecule has 258 valence electrons. The van der Waals surface area contributed by atoms with Crippen LogP contribution >= 0.6 is 0 Å². The maximum atomic E-state index is 6.56. The minimum atomic E-state index is 0.169. The van der Waals surface area contributed by atoms with Gasteiger partial charge in [0.05, 0.1) is 0 Å². The van der Waals surface area contributed by atoms with Crippen LogP contribution in [0, 0.1) is 0 Å². The molecule has 0 N–H and O–H groups in total. The van der Waals surface area contributed by atoms with Crippen LogP contribution in [0.1, 0.15) is 28.8 Å². The second-order valence-corrected chi connectivity index (χ2v) is 14.3. The van der Waals surface area contributed by atoms with Gasteiger partial charge in [0.25, 0.3) is 0 Å². The highest BCUT2D eigenvalue weighted by molar-refractivity contribution is 6.13. The first-order valence-electron chi connectivity index (χ1n) is 18.8. The van der Waals surface area contributed by atoms with Crippen LogP contribution in [0.3, 0.4) is 0 Å². The third-order valence-corrected chi connectivity index (χ3v) is 11.1. The van der Waals surface area contributed by atoms with E-state index in [9.17, 15) is 0 Å². The normalized spacial score (nSPS) is 15.7. The maximum Gasteiger partial charge on any atom is 0.164 e. The van der Waals surface area contributed by atoms with Gasteiger partial charge in [0.2, 0.25) is 0 Å². The Bertz CT molecular complexity index is 2980. The summed E-state index contributed by atoms with van der Waals surface area (Å²) in [4.78, 5) is 15.3. The molecule has 2 aromatic heterocycles. The van der Waals surface area contributed by atoms with E-state index in [0.717, 1.165) is 49.8 Å². The minimum Gasteiger partial charge on any atom is -0.456 e. The van der Waals surface area contributed by atoms with Crippen LogP contribution in [0.25, 0.3) is 83.7 Å². The number of benzene rings is 7. The molecule has 2 aliphatic rings. The molecular weight excluding hydrogens is 671 g/mol. The molecule has 0 spiro atoms. The molecule has 4 heteroatoms. The number of aromatic nitrogens is 3. The standard InChI is InChI=1S/C51H33N3O/c1-3-12-32(13-4-1)33-22-24-34(25-23-33)38-20-11-21-46-48(38)44-29-27-37(31-47(44)55-46)51-53-49(35-14-5-2-6-15-35)52-50(54-51)36-26-28-43-41-18-8-7-16-39(41)40-17-9-10-19-42(40)45(43)30-36/h1-31,43,45H. The van der Waals surface area contributed by atoms with E-state index in [-0.39, 0.29) is 11.8 Å². The molecule has 2 heterocycles. The average Bonchev–Trinajstić information content (AvgIpc) is 3.65. The maximum absolute atomic E-state index is 6.56. The lowest BCUT2D eigenvalue weighted by Gasteiger charge is -2.34. The van der Waals surface area contributed by atoms with Gasteiger partial charge in [0.1, 0.15) is 11.2 Å². The van der Waals surface area contributed by atoms with Gasteiger partial charge < -0.3 is 4.42 Å². The van der Waals surface area contributed by atoms with Gasteiger partial charge in [-0.05, 0) is 62.7 Å². The highest BCUT2D eigenvalue weighted by atomic mass is 16.3. The van der Waals surface area contributed by atoms with Crippen molar-refractivity contribution < 1.29 is 4.42 Å². The summed E-state index contributed by atoms with van der Waals surface area (Å²) in [6.45, 7) is 0. The van der Waals surface area contributed by atoms with Crippen molar-refractivity contribution in [2.24, 2.45) is 0 Å². The first kappa shape index (κ1) is 31.4. The van der Waals surface area contributed by atoms with Crippen molar-refractivity contribution in [3.05, 3.63) is 205 Å². The van der Waals surface area contributed by atoms with Crippen LogP contribution in [0.2, 0.25) is 0 Å². The number of rotatable bonds is 5. The van der Waals surface area contributed by atoms with Gasteiger partial charge in [-0.15, -0.1) is 0 Å². The molecule has 0 radical (unpaired) electrons. The quantitative estimate of drug-likeness (QED) is 0.179. The van der Waals surface area contributed by atoms with Gasteiger partial charge in [-0.1, -0.05) is 170 Å². The molecule has 2 aliphatic carbocycles. The number of allylic oxidation sites excluding steroid dienone is 4. The van der Waals surface area contributed by atoms with Crippen LogP contribution < -0.4 is 0 Å². The van der Waals surface area contributed by atoms with E-state index in [0.29, 0.717) is 17.5 Å². The predicted molar refractivity (Wildman–Crippen MR) is 223 cm³/mol. The van der Waals surface area contributed by atoms with Gasteiger partial charge in [0.15, 0.2) is 17.5 Å². The molecule has 7 aromatic carbocycles. The van der Waals surface area contributed by atoms with E-state index < -0.39 is 0 Å². The van der Waals surface area contributed by atoms with Crippen molar-refractivity contribution in [1.82, 2.24) is 15.0 Å². The van der Waals surface area contributed by atoms with Gasteiger partial charge >= 0.3 is 0 Å². The summed E-state index contributed by atoms with van der Waals surface area (Å²) in [5, 5.41) is 2.15. The van der Waals surface area contributed by atoms with Crippen LogP contribution in [0.15, 0.2) is 193 Å². The third-order valence-electron chi connectivity index (χ3n) is 11.1. The lowest BCUT2D eigenvalue weighted by Crippen LogP contribution is -2.17. The average molecular weight is 704 g/mol. The van der Waals surface area contributed by atoms with Crippen molar-refractivity contribution in [1.29, 1.82) is 0 Å². The molecule has 0 bridgehead atoms. The van der Waals surface area contributed by atoms with E-state index in [4.69, 9.17) is 19.4 Å². The Morgan fingerprint density at radius 2 is 0.964 bits per heavy atom. The first-order valence-corrected chi connectivity index (χ1v) is 18.8. The molecule has 0 saturated heterocycles. The molecule has 0 aliphatic heterocycles. The summed E-state index contributed by atoms with van der Waals surface area (Å²) in [5.74, 6) is 2.31. The highest BCUT2D eigenvalue weighted by Crippen LogP contribution is 2.50.